The normalized spacial score (nSPS) is 29.1. The summed E-state index contributed by atoms with van der Waals surface area (Å²) in [5.74, 6) is 0.700. The van der Waals surface area contributed by atoms with Gasteiger partial charge in [0.2, 0.25) is 0 Å². The molecule has 98 valence electrons. The van der Waals surface area contributed by atoms with Gasteiger partial charge in [-0.05, 0) is 41.9 Å². The fourth-order valence-electron chi connectivity index (χ4n) is 3.64. The molecule has 1 aliphatic carbocycles. The highest BCUT2D eigenvalue weighted by Gasteiger charge is 2.43. The summed E-state index contributed by atoms with van der Waals surface area (Å²) < 4.78 is 0. The molecule has 1 aromatic rings. The summed E-state index contributed by atoms with van der Waals surface area (Å²) in [4.78, 5) is 0. The number of rotatable bonds is 1. The molecule has 0 saturated carbocycles. The Morgan fingerprint density at radius 3 is 2.94 bits per heavy atom. The zero-order valence-corrected chi connectivity index (χ0v) is 12.1. The van der Waals surface area contributed by atoms with E-state index in [0.717, 1.165) is 6.54 Å². The van der Waals surface area contributed by atoms with E-state index in [2.05, 4.69) is 43.9 Å². The summed E-state index contributed by atoms with van der Waals surface area (Å²) in [7, 11) is 0. The number of benzene rings is 1. The minimum Gasteiger partial charge on any atom is -0.316 e. The van der Waals surface area contributed by atoms with Crippen LogP contribution in [0.5, 0.6) is 0 Å². The van der Waals surface area contributed by atoms with Gasteiger partial charge in [0, 0.05) is 19.0 Å². The predicted octanol–water partition coefficient (Wildman–Crippen LogP) is 3.78. The van der Waals surface area contributed by atoms with E-state index in [9.17, 15) is 0 Å². The van der Waals surface area contributed by atoms with Crippen molar-refractivity contribution in [1.29, 1.82) is 0 Å². The van der Waals surface area contributed by atoms with Crippen LogP contribution in [0.25, 0.3) is 5.57 Å². The van der Waals surface area contributed by atoms with E-state index in [4.69, 9.17) is 0 Å². The quantitative estimate of drug-likeness (QED) is 0.813. The molecule has 0 amide bonds. The Balaban J connectivity index is 0.00000120. The van der Waals surface area contributed by atoms with Gasteiger partial charge in [-0.25, -0.2) is 0 Å². The van der Waals surface area contributed by atoms with E-state index in [1.54, 1.807) is 11.1 Å². The molecule has 1 saturated heterocycles. The van der Waals surface area contributed by atoms with E-state index in [0.29, 0.717) is 11.3 Å². The third-order valence-electron chi connectivity index (χ3n) is 4.71. The number of fused-ring (bicyclic) bond motifs is 3. The molecule has 18 heavy (non-hydrogen) atoms. The van der Waals surface area contributed by atoms with Crippen LogP contribution in [0.3, 0.4) is 0 Å². The Hall–Kier alpha value is -0.790. The first-order chi connectivity index (χ1) is 8.12. The highest BCUT2D eigenvalue weighted by atomic mass is 35.5. The Labute approximate surface area is 116 Å². The van der Waals surface area contributed by atoms with Crippen molar-refractivity contribution in [2.24, 2.45) is 5.41 Å². The molecule has 0 unspecified atom stereocenters. The lowest BCUT2D eigenvalue weighted by Crippen LogP contribution is -2.30. The first kappa shape index (κ1) is 13.6. The van der Waals surface area contributed by atoms with Crippen molar-refractivity contribution < 1.29 is 0 Å². The SMILES string of the molecule is C=C(C)c1cccc2c1CC[C@]1(C)CNC[C@@H]21.Cl. The third kappa shape index (κ3) is 1.90. The molecule has 0 bridgehead atoms. The van der Waals surface area contributed by atoms with Gasteiger partial charge in [-0.3, -0.25) is 0 Å². The van der Waals surface area contributed by atoms with Crippen molar-refractivity contribution in [1.82, 2.24) is 5.32 Å². The molecule has 2 heteroatoms. The second-order valence-electron chi connectivity index (χ2n) is 5.99. The lowest BCUT2D eigenvalue weighted by atomic mass is 9.66. The molecule has 1 fully saturated rings. The van der Waals surface area contributed by atoms with Gasteiger partial charge in [0.15, 0.2) is 0 Å². The molecule has 0 radical (unpaired) electrons. The van der Waals surface area contributed by atoms with E-state index in [-0.39, 0.29) is 12.4 Å². The van der Waals surface area contributed by atoms with Gasteiger partial charge in [0.25, 0.3) is 0 Å². The average molecular weight is 264 g/mol. The molecule has 0 aromatic heterocycles. The molecular formula is C16H22ClN. The van der Waals surface area contributed by atoms with Crippen molar-refractivity contribution in [3.05, 3.63) is 41.5 Å². The van der Waals surface area contributed by atoms with Crippen LogP contribution in [-0.4, -0.2) is 13.1 Å². The Kier molecular flexibility index (Phi) is 3.57. The van der Waals surface area contributed by atoms with Gasteiger partial charge < -0.3 is 5.32 Å². The first-order valence-corrected chi connectivity index (χ1v) is 6.60. The van der Waals surface area contributed by atoms with Crippen LogP contribution in [0.1, 0.15) is 42.9 Å². The van der Waals surface area contributed by atoms with Crippen molar-refractivity contribution in [3.8, 4) is 0 Å². The third-order valence-corrected chi connectivity index (χ3v) is 4.71. The maximum atomic E-state index is 4.12. The van der Waals surface area contributed by atoms with E-state index >= 15 is 0 Å². The highest BCUT2D eigenvalue weighted by molar-refractivity contribution is 5.85. The number of hydrogen-bond donors (Lipinski definition) is 1. The van der Waals surface area contributed by atoms with Gasteiger partial charge >= 0.3 is 0 Å². The van der Waals surface area contributed by atoms with Crippen molar-refractivity contribution in [2.75, 3.05) is 13.1 Å². The van der Waals surface area contributed by atoms with Gasteiger partial charge in [0.05, 0.1) is 0 Å². The van der Waals surface area contributed by atoms with Crippen molar-refractivity contribution in [2.45, 2.75) is 32.6 Å². The second-order valence-corrected chi connectivity index (χ2v) is 5.99. The van der Waals surface area contributed by atoms with Gasteiger partial charge in [-0.15, -0.1) is 12.4 Å². The minimum atomic E-state index is 0. The highest BCUT2D eigenvalue weighted by Crippen LogP contribution is 2.48. The number of nitrogens with one attached hydrogen (secondary N) is 1. The molecule has 1 N–H and O–H groups in total. The largest absolute Gasteiger partial charge is 0.316 e. The van der Waals surface area contributed by atoms with Crippen LogP contribution < -0.4 is 5.32 Å². The Bertz CT molecular complexity index is 480. The summed E-state index contributed by atoms with van der Waals surface area (Å²) >= 11 is 0. The minimum absolute atomic E-state index is 0. The maximum absolute atomic E-state index is 4.12. The molecule has 3 rings (SSSR count). The molecule has 1 aromatic carbocycles. The molecule has 1 nitrogen and oxygen atoms in total. The molecule has 1 aliphatic heterocycles. The summed E-state index contributed by atoms with van der Waals surface area (Å²) in [5.41, 5.74) is 6.20. The zero-order valence-electron chi connectivity index (χ0n) is 11.3. The van der Waals surface area contributed by atoms with Crippen LogP contribution in [-0.2, 0) is 6.42 Å². The molecule has 1 heterocycles. The predicted molar refractivity (Wildman–Crippen MR) is 80.4 cm³/mol. The monoisotopic (exact) mass is 263 g/mol. The summed E-state index contributed by atoms with van der Waals surface area (Å²) in [6, 6.07) is 6.76. The number of hydrogen-bond acceptors (Lipinski definition) is 1. The van der Waals surface area contributed by atoms with Crippen LogP contribution in [0.15, 0.2) is 24.8 Å². The van der Waals surface area contributed by atoms with E-state index in [1.165, 1.54) is 30.5 Å². The summed E-state index contributed by atoms with van der Waals surface area (Å²) in [5, 5.41) is 3.57. The summed E-state index contributed by atoms with van der Waals surface area (Å²) in [6.07, 6.45) is 2.52. The van der Waals surface area contributed by atoms with E-state index in [1.807, 2.05) is 0 Å². The molecule has 2 atom stereocenters. The van der Waals surface area contributed by atoms with Gasteiger partial charge in [0.1, 0.15) is 0 Å². The fraction of sp³-hybridized carbons (Fsp3) is 0.500. The summed E-state index contributed by atoms with van der Waals surface area (Å²) in [6.45, 7) is 11.0. The van der Waals surface area contributed by atoms with Crippen molar-refractivity contribution >= 4 is 18.0 Å². The molecule has 2 aliphatic rings. The fourth-order valence-corrected chi connectivity index (χ4v) is 3.64. The van der Waals surface area contributed by atoms with Gasteiger partial charge in [-0.1, -0.05) is 37.3 Å². The topological polar surface area (TPSA) is 12.0 Å². The lowest BCUT2D eigenvalue weighted by Gasteiger charge is -2.37. The lowest BCUT2D eigenvalue weighted by molar-refractivity contribution is 0.277. The van der Waals surface area contributed by atoms with Crippen LogP contribution in [0, 0.1) is 5.41 Å². The Morgan fingerprint density at radius 1 is 1.44 bits per heavy atom. The smallest absolute Gasteiger partial charge is 0.00324 e. The first-order valence-electron chi connectivity index (χ1n) is 6.60. The molecular weight excluding hydrogens is 242 g/mol. The van der Waals surface area contributed by atoms with Gasteiger partial charge in [-0.2, -0.15) is 0 Å². The maximum Gasteiger partial charge on any atom is 0.00324 e. The molecule has 0 spiro atoms. The number of halogens is 1. The van der Waals surface area contributed by atoms with Crippen molar-refractivity contribution in [3.63, 3.8) is 0 Å². The number of allylic oxidation sites excluding steroid dienone is 1. The average Bonchev–Trinajstić information content (AvgIpc) is 2.70. The van der Waals surface area contributed by atoms with Crippen LogP contribution >= 0.6 is 12.4 Å². The Morgan fingerprint density at radius 2 is 2.22 bits per heavy atom. The zero-order chi connectivity index (χ0) is 12.0. The van der Waals surface area contributed by atoms with Crippen LogP contribution in [0.4, 0.5) is 0 Å². The van der Waals surface area contributed by atoms with Crippen LogP contribution in [0.2, 0.25) is 0 Å². The standard InChI is InChI=1S/C16H21N.ClH/c1-11(2)12-5-4-6-14-13(12)7-8-16(3)10-17-9-15(14)16;/h4-6,15,17H,1,7-10H2,2-3H3;1H/t15-,16+;/m0./s1. The van der Waals surface area contributed by atoms with E-state index < -0.39 is 0 Å². The second kappa shape index (κ2) is 4.71.